The molecule has 0 aromatic heterocycles. The Hall–Kier alpha value is -2.61. The first-order chi connectivity index (χ1) is 20.5. The van der Waals surface area contributed by atoms with E-state index in [0.29, 0.717) is 0 Å². The van der Waals surface area contributed by atoms with Crippen LogP contribution in [0, 0.1) is 0 Å². The summed E-state index contributed by atoms with van der Waals surface area (Å²) in [7, 11) is 0. The van der Waals surface area contributed by atoms with Crippen LogP contribution < -0.4 is 0 Å². The van der Waals surface area contributed by atoms with E-state index in [1.807, 2.05) is 22.6 Å². The highest BCUT2D eigenvalue weighted by Crippen LogP contribution is 2.36. The van der Waals surface area contributed by atoms with Crippen molar-refractivity contribution in [1.82, 2.24) is 0 Å². The van der Waals surface area contributed by atoms with Gasteiger partial charge in [0.2, 0.25) is 0 Å². The average Bonchev–Trinajstić information content (AvgIpc) is 2.87. The molecule has 0 aliphatic carbocycles. The molecular formula is C27H39IO16. The number of carbonyl (C=O) groups excluding carboxylic acids is 6. The molecular weight excluding hydrogens is 707 g/mol. The van der Waals surface area contributed by atoms with Gasteiger partial charge in [-0.05, 0) is 13.8 Å². The van der Waals surface area contributed by atoms with Gasteiger partial charge in [0.1, 0.15) is 41.6 Å². The number of esters is 6. The summed E-state index contributed by atoms with van der Waals surface area (Å²) in [5.74, 6) is -4.48. The molecule has 2 aliphatic rings. The zero-order valence-corrected chi connectivity index (χ0v) is 27.8. The van der Waals surface area contributed by atoms with Crippen LogP contribution in [0.25, 0.3) is 0 Å². The van der Waals surface area contributed by atoms with Crippen molar-refractivity contribution in [3.8, 4) is 0 Å². The Labute approximate surface area is 268 Å². The Morgan fingerprint density at radius 1 is 0.568 bits per heavy atom. The highest BCUT2D eigenvalue weighted by atomic mass is 127. The van der Waals surface area contributed by atoms with Gasteiger partial charge in [-0.25, -0.2) is 0 Å². The Morgan fingerprint density at radius 2 is 0.977 bits per heavy atom. The minimum Gasteiger partial charge on any atom is -0.463 e. The van der Waals surface area contributed by atoms with Crippen molar-refractivity contribution < 1.29 is 76.1 Å². The van der Waals surface area contributed by atoms with E-state index in [1.54, 1.807) is 13.8 Å². The van der Waals surface area contributed by atoms with E-state index < -0.39 is 102 Å². The minimum absolute atomic E-state index is 0.304. The second kappa shape index (κ2) is 17.2. The van der Waals surface area contributed by atoms with Gasteiger partial charge in [-0.3, -0.25) is 28.8 Å². The number of hydrogen-bond donors (Lipinski definition) is 0. The summed E-state index contributed by atoms with van der Waals surface area (Å²) >= 11 is 1.97. The Kier molecular flexibility index (Phi) is 14.7. The molecule has 17 heteroatoms. The van der Waals surface area contributed by atoms with Gasteiger partial charge in [0.15, 0.2) is 30.9 Å². The SMILES string of the molecule is CC(=O)OCC1OC(OC(C)C)C(I)C(OC(C)=O)C1OC1OC(COC(C)=O)C(OC(C)=O)C(OC(C)=O)C1OC(C)=O. The van der Waals surface area contributed by atoms with E-state index in [2.05, 4.69) is 0 Å². The molecule has 0 amide bonds. The monoisotopic (exact) mass is 746 g/mol. The molecule has 0 aromatic carbocycles. The van der Waals surface area contributed by atoms with Crippen LogP contribution in [0.1, 0.15) is 55.4 Å². The third-order valence-corrected chi connectivity index (χ3v) is 7.27. The lowest BCUT2D eigenvalue weighted by Crippen LogP contribution is -2.66. The van der Waals surface area contributed by atoms with E-state index in [9.17, 15) is 28.8 Å². The molecule has 44 heavy (non-hydrogen) atoms. The van der Waals surface area contributed by atoms with E-state index >= 15 is 0 Å². The third kappa shape index (κ3) is 11.4. The van der Waals surface area contributed by atoms with Crippen LogP contribution in [0.2, 0.25) is 0 Å². The van der Waals surface area contributed by atoms with Crippen molar-refractivity contribution in [2.24, 2.45) is 0 Å². The first-order valence-electron chi connectivity index (χ1n) is 13.7. The Balaban J connectivity index is 2.63. The smallest absolute Gasteiger partial charge is 0.303 e. The average molecular weight is 746 g/mol. The molecule has 10 unspecified atom stereocenters. The molecule has 0 radical (unpaired) electrons. The van der Waals surface area contributed by atoms with Crippen LogP contribution in [-0.4, -0.2) is 114 Å². The third-order valence-electron chi connectivity index (χ3n) is 5.97. The van der Waals surface area contributed by atoms with Gasteiger partial charge < -0.3 is 47.4 Å². The first kappa shape index (κ1) is 37.6. The summed E-state index contributed by atoms with van der Waals surface area (Å²) < 4.78 is 55.9. The van der Waals surface area contributed by atoms with Crippen LogP contribution in [0.3, 0.4) is 0 Å². The first-order valence-corrected chi connectivity index (χ1v) is 15.0. The molecule has 10 atom stereocenters. The van der Waals surface area contributed by atoms with Gasteiger partial charge >= 0.3 is 35.8 Å². The van der Waals surface area contributed by atoms with Crippen molar-refractivity contribution in [2.45, 2.75) is 121 Å². The van der Waals surface area contributed by atoms with E-state index in [-0.39, 0.29) is 12.7 Å². The summed E-state index contributed by atoms with van der Waals surface area (Å²) in [6.07, 6.45) is -12.1. The molecule has 0 N–H and O–H groups in total. The normalized spacial score (nSPS) is 31.8. The van der Waals surface area contributed by atoms with E-state index in [1.165, 1.54) is 13.8 Å². The Bertz CT molecular complexity index is 1050. The zero-order chi connectivity index (χ0) is 33.3. The summed E-state index contributed by atoms with van der Waals surface area (Å²) in [4.78, 5) is 72.0. The van der Waals surface area contributed by atoms with Gasteiger partial charge in [-0.1, -0.05) is 22.6 Å². The summed E-state index contributed by atoms with van der Waals surface area (Å²) in [5.41, 5.74) is 0. The molecule has 2 heterocycles. The summed E-state index contributed by atoms with van der Waals surface area (Å²) in [6, 6.07) is 0. The van der Waals surface area contributed by atoms with Crippen LogP contribution in [-0.2, 0) is 76.1 Å². The molecule has 2 fully saturated rings. The quantitative estimate of drug-likeness (QED) is 0.118. The number of rotatable bonds is 12. The second-order valence-electron chi connectivity index (χ2n) is 10.2. The fourth-order valence-electron chi connectivity index (χ4n) is 4.52. The van der Waals surface area contributed by atoms with E-state index in [4.69, 9.17) is 47.4 Å². The predicted molar refractivity (Wildman–Crippen MR) is 152 cm³/mol. The molecule has 2 saturated heterocycles. The zero-order valence-electron chi connectivity index (χ0n) is 25.7. The standard InChI is InChI=1S/C27H39IO16/c1-11(2)37-26-20(28)23(39-15(6)32)21(18(42-26)9-35-12(3)29)44-27-25(41-17(8)34)24(40-16(7)33)22(38-14(5)31)19(43-27)10-36-13(4)30/h11,18-27H,9-10H2,1-8H3. The summed E-state index contributed by atoms with van der Waals surface area (Å²) in [5, 5.41) is 0. The topological polar surface area (TPSA) is 195 Å². The number of ether oxygens (including phenoxy) is 10. The predicted octanol–water partition coefficient (Wildman–Crippen LogP) is 0.903. The molecule has 16 nitrogen and oxygen atoms in total. The Morgan fingerprint density at radius 3 is 1.43 bits per heavy atom. The van der Waals surface area contributed by atoms with Crippen LogP contribution >= 0.6 is 22.6 Å². The van der Waals surface area contributed by atoms with Crippen LogP contribution in [0.4, 0.5) is 0 Å². The van der Waals surface area contributed by atoms with Gasteiger partial charge in [0, 0.05) is 41.5 Å². The number of carbonyl (C=O) groups is 6. The van der Waals surface area contributed by atoms with Crippen molar-refractivity contribution in [3.05, 3.63) is 0 Å². The molecule has 2 rings (SSSR count). The lowest BCUT2D eigenvalue weighted by molar-refractivity contribution is -0.346. The lowest BCUT2D eigenvalue weighted by Gasteiger charge is -2.48. The highest BCUT2D eigenvalue weighted by Gasteiger charge is 2.56. The largest absolute Gasteiger partial charge is 0.463 e. The second-order valence-corrected chi connectivity index (χ2v) is 11.7. The van der Waals surface area contributed by atoms with Gasteiger partial charge in [0.05, 0.1) is 6.10 Å². The van der Waals surface area contributed by atoms with Crippen LogP contribution in [0.15, 0.2) is 0 Å². The van der Waals surface area contributed by atoms with Gasteiger partial charge in [0.25, 0.3) is 0 Å². The maximum atomic E-state index is 12.2. The van der Waals surface area contributed by atoms with E-state index in [0.717, 1.165) is 27.7 Å². The number of alkyl halides is 1. The maximum Gasteiger partial charge on any atom is 0.303 e. The van der Waals surface area contributed by atoms with Crippen molar-refractivity contribution >= 4 is 58.4 Å². The lowest BCUT2D eigenvalue weighted by atomic mass is 9.97. The minimum atomic E-state index is -1.62. The molecule has 0 aromatic rings. The number of halogens is 1. The summed E-state index contributed by atoms with van der Waals surface area (Å²) in [6.45, 7) is 9.46. The molecule has 250 valence electrons. The van der Waals surface area contributed by atoms with Crippen molar-refractivity contribution in [3.63, 3.8) is 0 Å². The molecule has 0 saturated carbocycles. The van der Waals surface area contributed by atoms with Gasteiger partial charge in [-0.15, -0.1) is 0 Å². The van der Waals surface area contributed by atoms with Crippen LogP contribution in [0.5, 0.6) is 0 Å². The van der Waals surface area contributed by atoms with Gasteiger partial charge in [-0.2, -0.15) is 0 Å². The highest BCUT2D eigenvalue weighted by molar-refractivity contribution is 14.1. The molecule has 0 bridgehead atoms. The fraction of sp³-hybridized carbons (Fsp3) is 0.778. The fourth-order valence-corrected chi connectivity index (χ4v) is 5.42. The van der Waals surface area contributed by atoms with Crippen molar-refractivity contribution in [1.29, 1.82) is 0 Å². The van der Waals surface area contributed by atoms with Crippen molar-refractivity contribution in [2.75, 3.05) is 13.2 Å². The number of hydrogen-bond acceptors (Lipinski definition) is 16. The molecule has 0 spiro atoms. The maximum absolute atomic E-state index is 12.2. The molecule has 2 aliphatic heterocycles.